The second-order valence-electron chi connectivity index (χ2n) is 5.49. The molecule has 2 aromatic carbocycles. The van der Waals surface area contributed by atoms with Gasteiger partial charge in [-0.2, -0.15) is 5.26 Å². The lowest BCUT2D eigenvalue weighted by Crippen LogP contribution is -2.22. The summed E-state index contributed by atoms with van der Waals surface area (Å²) in [6.07, 6.45) is -0.658. The molecule has 0 spiro atoms. The van der Waals surface area contributed by atoms with Crippen LogP contribution in [0.4, 0.5) is 0 Å². The molecular formula is C20H16N2O2S. The Bertz CT molecular complexity index is 895. The van der Waals surface area contributed by atoms with E-state index in [1.807, 2.05) is 48.5 Å². The predicted molar refractivity (Wildman–Crippen MR) is 97.2 cm³/mol. The van der Waals surface area contributed by atoms with Crippen LogP contribution in [0.15, 0.2) is 66.7 Å². The van der Waals surface area contributed by atoms with E-state index in [1.54, 1.807) is 24.3 Å². The molecule has 0 radical (unpaired) electrons. The molecule has 3 aromatic rings. The number of hydrogen-bond acceptors (Lipinski definition) is 4. The quantitative estimate of drug-likeness (QED) is 0.739. The minimum absolute atomic E-state index is 0.192. The Balaban J connectivity index is 1.61. The minimum Gasteiger partial charge on any atom is -0.383 e. The van der Waals surface area contributed by atoms with Gasteiger partial charge in [0.1, 0.15) is 6.10 Å². The van der Waals surface area contributed by atoms with Gasteiger partial charge in [0, 0.05) is 15.3 Å². The van der Waals surface area contributed by atoms with Crippen LogP contribution in [-0.4, -0.2) is 11.0 Å². The number of nitrogens with zero attached hydrogens (tertiary/aromatic N) is 1. The van der Waals surface area contributed by atoms with Gasteiger partial charge in [0.15, 0.2) is 0 Å². The summed E-state index contributed by atoms with van der Waals surface area (Å²) in [4.78, 5) is 13.9. The van der Waals surface area contributed by atoms with Crippen LogP contribution in [0.1, 0.15) is 37.3 Å². The lowest BCUT2D eigenvalue weighted by molar-refractivity contribution is 0.0951. The van der Waals surface area contributed by atoms with Crippen LogP contribution in [0.25, 0.3) is 0 Å². The number of carbonyl (C=O) groups excluding carboxylic acids is 1. The fourth-order valence-corrected chi connectivity index (χ4v) is 3.37. The first-order valence-electron chi connectivity index (χ1n) is 7.77. The highest BCUT2D eigenvalue weighted by atomic mass is 32.1. The lowest BCUT2D eigenvalue weighted by atomic mass is 10.1. The monoisotopic (exact) mass is 348 g/mol. The molecule has 0 saturated heterocycles. The van der Waals surface area contributed by atoms with Crippen molar-refractivity contribution < 1.29 is 9.90 Å². The van der Waals surface area contributed by atoms with Gasteiger partial charge in [-0.1, -0.05) is 30.3 Å². The summed E-state index contributed by atoms with van der Waals surface area (Å²) in [6, 6.07) is 21.8. The first-order chi connectivity index (χ1) is 12.2. The highest BCUT2D eigenvalue weighted by molar-refractivity contribution is 7.12. The first kappa shape index (κ1) is 16.9. The summed E-state index contributed by atoms with van der Waals surface area (Å²) in [5.74, 6) is -0.192. The summed E-state index contributed by atoms with van der Waals surface area (Å²) >= 11 is 1.47. The molecular weight excluding hydrogens is 332 g/mol. The molecule has 4 nitrogen and oxygen atoms in total. The van der Waals surface area contributed by atoms with Crippen LogP contribution in [0, 0.1) is 11.3 Å². The van der Waals surface area contributed by atoms with Crippen molar-refractivity contribution in [1.82, 2.24) is 5.32 Å². The second-order valence-corrected chi connectivity index (χ2v) is 6.69. The number of nitriles is 1. The van der Waals surface area contributed by atoms with Gasteiger partial charge in [-0.05, 0) is 42.0 Å². The topological polar surface area (TPSA) is 73.1 Å². The summed E-state index contributed by atoms with van der Waals surface area (Å²) in [5.41, 5.74) is 1.88. The molecule has 0 aliphatic rings. The van der Waals surface area contributed by atoms with Crippen molar-refractivity contribution in [2.45, 2.75) is 12.6 Å². The van der Waals surface area contributed by atoms with E-state index < -0.39 is 6.10 Å². The molecule has 25 heavy (non-hydrogen) atoms. The van der Waals surface area contributed by atoms with E-state index in [4.69, 9.17) is 5.26 Å². The van der Waals surface area contributed by atoms with Crippen molar-refractivity contribution in [3.05, 3.63) is 93.2 Å². The van der Waals surface area contributed by atoms with Gasteiger partial charge in [0.05, 0.1) is 18.2 Å². The third-order valence-corrected chi connectivity index (χ3v) is 4.90. The zero-order chi connectivity index (χ0) is 17.6. The number of nitrogens with one attached hydrogen (secondary N) is 1. The molecule has 0 aliphatic carbocycles. The number of carbonyl (C=O) groups is 1. The Hall–Kier alpha value is -2.94. The fraction of sp³-hybridized carbons (Fsp3) is 0.100. The zero-order valence-electron chi connectivity index (χ0n) is 13.3. The van der Waals surface area contributed by atoms with Crippen LogP contribution >= 0.6 is 11.3 Å². The third-order valence-electron chi connectivity index (χ3n) is 3.77. The molecule has 124 valence electrons. The molecule has 1 atom stereocenters. The molecule has 2 N–H and O–H groups in total. The van der Waals surface area contributed by atoms with Crippen LogP contribution in [0.3, 0.4) is 0 Å². The van der Waals surface area contributed by atoms with E-state index in [0.717, 1.165) is 15.3 Å². The zero-order valence-corrected chi connectivity index (χ0v) is 14.2. The Labute approximate surface area is 150 Å². The van der Waals surface area contributed by atoms with Crippen LogP contribution in [0.2, 0.25) is 0 Å². The number of aliphatic hydroxyl groups excluding tert-OH is 1. The van der Waals surface area contributed by atoms with E-state index in [0.29, 0.717) is 17.7 Å². The molecule has 0 saturated carbocycles. The molecule has 0 bridgehead atoms. The fourth-order valence-electron chi connectivity index (χ4n) is 2.40. The van der Waals surface area contributed by atoms with Crippen LogP contribution in [-0.2, 0) is 6.54 Å². The number of benzene rings is 2. The molecule has 0 fully saturated rings. The largest absolute Gasteiger partial charge is 0.383 e. The van der Waals surface area contributed by atoms with Crippen molar-refractivity contribution in [2.24, 2.45) is 0 Å². The van der Waals surface area contributed by atoms with Gasteiger partial charge >= 0.3 is 0 Å². The normalized spacial score (nSPS) is 11.5. The van der Waals surface area contributed by atoms with Gasteiger partial charge in [-0.25, -0.2) is 0 Å². The minimum atomic E-state index is -0.658. The van der Waals surface area contributed by atoms with E-state index in [1.165, 1.54) is 11.3 Å². The van der Waals surface area contributed by atoms with Gasteiger partial charge < -0.3 is 10.4 Å². The van der Waals surface area contributed by atoms with E-state index in [-0.39, 0.29) is 5.91 Å². The first-order valence-corrected chi connectivity index (χ1v) is 8.59. The predicted octanol–water partition coefficient (Wildman–Crippen LogP) is 3.63. The van der Waals surface area contributed by atoms with Gasteiger partial charge in [0.25, 0.3) is 5.91 Å². The van der Waals surface area contributed by atoms with Crippen molar-refractivity contribution >= 4 is 17.2 Å². The van der Waals surface area contributed by atoms with Crippen molar-refractivity contribution in [2.75, 3.05) is 0 Å². The van der Waals surface area contributed by atoms with Gasteiger partial charge in [-0.3, -0.25) is 4.79 Å². The van der Waals surface area contributed by atoms with E-state index >= 15 is 0 Å². The summed E-state index contributed by atoms with van der Waals surface area (Å²) in [6.45, 7) is 0.394. The molecule has 1 aromatic heterocycles. The molecule has 1 heterocycles. The summed E-state index contributed by atoms with van der Waals surface area (Å²) in [5, 5.41) is 22.0. The molecule has 5 heteroatoms. The van der Waals surface area contributed by atoms with Crippen molar-refractivity contribution in [3.8, 4) is 6.07 Å². The standard InChI is InChI=1S/C20H16N2O2S/c21-12-14-6-8-16(9-7-14)20(24)22-13-17-10-11-18(25-17)19(23)15-4-2-1-3-5-15/h1-11,19,23H,13H2,(H,22,24)/t19-/m1/s1. The van der Waals surface area contributed by atoms with E-state index in [2.05, 4.69) is 5.32 Å². The second kappa shape index (κ2) is 7.75. The molecule has 0 unspecified atom stereocenters. The summed E-state index contributed by atoms with van der Waals surface area (Å²) < 4.78 is 0. The SMILES string of the molecule is N#Cc1ccc(C(=O)NCc2ccc([C@H](O)c3ccccc3)s2)cc1. The van der Waals surface area contributed by atoms with Crippen LogP contribution < -0.4 is 5.32 Å². The highest BCUT2D eigenvalue weighted by Gasteiger charge is 2.13. The molecule has 0 aliphatic heterocycles. The number of rotatable bonds is 5. The van der Waals surface area contributed by atoms with Crippen molar-refractivity contribution in [1.29, 1.82) is 5.26 Å². The number of aliphatic hydroxyl groups is 1. The smallest absolute Gasteiger partial charge is 0.251 e. The lowest BCUT2D eigenvalue weighted by Gasteiger charge is -2.08. The Morgan fingerprint density at radius 3 is 2.48 bits per heavy atom. The van der Waals surface area contributed by atoms with E-state index in [9.17, 15) is 9.90 Å². The molecule has 1 amide bonds. The molecule has 3 rings (SSSR count). The Morgan fingerprint density at radius 1 is 1.08 bits per heavy atom. The van der Waals surface area contributed by atoms with Crippen molar-refractivity contribution in [3.63, 3.8) is 0 Å². The number of amides is 1. The average molecular weight is 348 g/mol. The number of thiophene rings is 1. The number of hydrogen-bond donors (Lipinski definition) is 2. The maximum atomic E-state index is 12.1. The van der Waals surface area contributed by atoms with Crippen LogP contribution in [0.5, 0.6) is 0 Å². The maximum Gasteiger partial charge on any atom is 0.251 e. The maximum absolute atomic E-state index is 12.1. The highest BCUT2D eigenvalue weighted by Crippen LogP contribution is 2.28. The van der Waals surface area contributed by atoms with Gasteiger partial charge in [-0.15, -0.1) is 11.3 Å². The summed E-state index contributed by atoms with van der Waals surface area (Å²) in [7, 11) is 0. The Morgan fingerprint density at radius 2 is 1.80 bits per heavy atom. The van der Waals surface area contributed by atoms with Gasteiger partial charge in [0.2, 0.25) is 0 Å². The third kappa shape index (κ3) is 4.13. The average Bonchev–Trinajstić information content (AvgIpc) is 3.15. The Kier molecular flexibility index (Phi) is 5.24.